The third kappa shape index (κ3) is 6.57. The number of aromatic nitrogens is 1. The highest BCUT2D eigenvalue weighted by atomic mass is 32.1. The van der Waals surface area contributed by atoms with E-state index in [0.717, 1.165) is 28.3 Å². The fraction of sp³-hybridized carbons (Fsp3) is 0.481. The van der Waals surface area contributed by atoms with Crippen molar-refractivity contribution in [1.29, 1.82) is 0 Å². The highest BCUT2D eigenvalue weighted by Crippen LogP contribution is 2.59. The van der Waals surface area contributed by atoms with Crippen molar-refractivity contribution in [2.45, 2.75) is 71.1 Å². The Kier molecular flexibility index (Phi) is 8.97. The minimum atomic E-state index is -5.76. The Bertz CT molecular complexity index is 1560. The van der Waals surface area contributed by atoms with Gasteiger partial charge in [0.2, 0.25) is 11.8 Å². The molecular formula is C27H33F2N4O6PS2. The SMILES string of the molecule is CC(C)c1cnc(NC(=O)[C@@H]2CCCN2C(=O)[C@@H](NC(=O)c2cc3cc(C(F)(F)P(=O)(O)O)ccc3s2)C(C)(C)C)s1. The van der Waals surface area contributed by atoms with Crippen molar-refractivity contribution >= 4 is 63.2 Å². The predicted molar refractivity (Wildman–Crippen MR) is 158 cm³/mol. The van der Waals surface area contributed by atoms with Crippen LogP contribution in [0.2, 0.25) is 0 Å². The van der Waals surface area contributed by atoms with E-state index in [1.807, 2.05) is 13.8 Å². The van der Waals surface area contributed by atoms with E-state index >= 15 is 0 Å². The summed E-state index contributed by atoms with van der Waals surface area (Å²) in [4.78, 5) is 65.3. The molecule has 1 aromatic carbocycles. The second-order valence-corrected chi connectivity index (χ2v) is 15.4. The number of carbonyl (C=O) groups is 3. The van der Waals surface area contributed by atoms with E-state index < -0.39 is 48.1 Å². The van der Waals surface area contributed by atoms with Gasteiger partial charge in [-0.1, -0.05) is 40.7 Å². The molecular weight excluding hydrogens is 609 g/mol. The summed E-state index contributed by atoms with van der Waals surface area (Å²) in [5.74, 6) is -1.12. The summed E-state index contributed by atoms with van der Waals surface area (Å²) >= 11 is 2.37. The lowest BCUT2D eigenvalue weighted by atomic mass is 9.85. The standard InChI is InChI=1S/C27H33F2N4O6PS2/c1-14(2)20-13-30-25(42-20)32-22(34)17-7-6-10-33(17)24(36)21(26(3,4)5)31-23(35)19-12-15-11-16(8-9-18(15)41-19)27(28,29)40(37,38)39/h8-9,11-14,17,21H,6-7,10H2,1-5H3,(H,31,35)(H,30,32,34)(H2,37,38,39)/t17-,21+/m0/s1. The van der Waals surface area contributed by atoms with Crippen LogP contribution in [0.5, 0.6) is 0 Å². The van der Waals surface area contributed by atoms with Crippen LogP contribution in [0.15, 0.2) is 30.5 Å². The number of hydrogen-bond acceptors (Lipinski definition) is 7. The van der Waals surface area contributed by atoms with E-state index in [1.54, 1.807) is 27.0 Å². The first-order valence-corrected chi connectivity index (χ1v) is 16.5. The molecule has 10 nitrogen and oxygen atoms in total. The van der Waals surface area contributed by atoms with Gasteiger partial charge in [0.25, 0.3) is 5.91 Å². The zero-order chi connectivity index (χ0) is 31.2. The molecule has 2 aromatic heterocycles. The fourth-order valence-electron chi connectivity index (χ4n) is 4.63. The fourth-order valence-corrected chi connectivity index (χ4v) is 6.87. The maximum atomic E-state index is 14.2. The largest absolute Gasteiger partial charge is 0.399 e. The maximum absolute atomic E-state index is 14.2. The number of thiazole rings is 1. The number of amides is 3. The topological polar surface area (TPSA) is 149 Å². The third-order valence-corrected chi connectivity index (χ3v) is 10.3. The van der Waals surface area contributed by atoms with Gasteiger partial charge in [0.1, 0.15) is 12.1 Å². The number of benzene rings is 1. The molecule has 0 bridgehead atoms. The van der Waals surface area contributed by atoms with Crippen molar-refractivity contribution in [2.75, 3.05) is 11.9 Å². The molecule has 0 aliphatic carbocycles. The molecule has 0 radical (unpaired) electrons. The summed E-state index contributed by atoms with van der Waals surface area (Å²) in [6.45, 7) is 9.74. The minimum absolute atomic E-state index is 0.129. The molecule has 15 heteroatoms. The van der Waals surface area contributed by atoms with Crippen LogP contribution >= 0.6 is 30.3 Å². The molecule has 4 N–H and O–H groups in total. The Labute approximate surface area is 249 Å². The Morgan fingerprint density at radius 3 is 2.43 bits per heavy atom. The van der Waals surface area contributed by atoms with Gasteiger partial charge < -0.3 is 25.3 Å². The highest BCUT2D eigenvalue weighted by Gasteiger charge is 2.50. The van der Waals surface area contributed by atoms with E-state index in [9.17, 15) is 27.7 Å². The number of hydrogen-bond donors (Lipinski definition) is 4. The second kappa shape index (κ2) is 11.7. The summed E-state index contributed by atoms with van der Waals surface area (Å²) in [7, 11) is -5.76. The van der Waals surface area contributed by atoms with Gasteiger partial charge in [-0.2, -0.15) is 8.78 Å². The lowest BCUT2D eigenvalue weighted by Gasteiger charge is -2.35. The number of nitrogens with one attached hydrogen (secondary N) is 2. The quantitative estimate of drug-likeness (QED) is 0.238. The van der Waals surface area contributed by atoms with Crippen LogP contribution in [-0.2, 0) is 19.8 Å². The molecule has 1 aliphatic heterocycles. The van der Waals surface area contributed by atoms with E-state index in [-0.39, 0.29) is 22.1 Å². The number of rotatable bonds is 8. The number of alkyl halides is 2. The highest BCUT2D eigenvalue weighted by molar-refractivity contribution is 7.52. The number of thiophene rings is 1. The summed E-state index contributed by atoms with van der Waals surface area (Å²) in [6.07, 6.45) is 2.79. The van der Waals surface area contributed by atoms with Gasteiger partial charge in [-0.3, -0.25) is 18.9 Å². The first-order valence-electron chi connectivity index (χ1n) is 13.3. The molecule has 3 heterocycles. The number of halogens is 2. The molecule has 2 atom stereocenters. The average molecular weight is 643 g/mol. The monoisotopic (exact) mass is 642 g/mol. The molecule has 0 saturated carbocycles. The number of anilines is 1. The molecule has 42 heavy (non-hydrogen) atoms. The zero-order valence-corrected chi connectivity index (χ0v) is 26.2. The maximum Gasteiger partial charge on any atom is 0.399 e. The molecule has 1 aliphatic rings. The molecule has 3 amide bonds. The van der Waals surface area contributed by atoms with Gasteiger partial charge in [-0.05, 0) is 47.8 Å². The molecule has 228 valence electrons. The van der Waals surface area contributed by atoms with Gasteiger partial charge in [0, 0.05) is 27.9 Å². The zero-order valence-electron chi connectivity index (χ0n) is 23.7. The molecule has 1 fully saturated rings. The summed E-state index contributed by atoms with van der Waals surface area (Å²) in [5, 5.41) is 6.24. The van der Waals surface area contributed by atoms with E-state index in [0.29, 0.717) is 29.2 Å². The van der Waals surface area contributed by atoms with E-state index in [1.165, 1.54) is 28.4 Å². The first-order chi connectivity index (χ1) is 19.4. The van der Waals surface area contributed by atoms with Gasteiger partial charge >= 0.3 is 13.3 Å². The molecule has 0 spiro atoms. The minimum Gasteiger partial charge on any atom is -0.339 e. The molecule has 4 rings (SSSR count). The van der Waals surface area contributed by atoms with Crippen LogP contribution in [0.1, 0.15) is 73.5 Å². The van der Waals surface area contributed by atoms with Crippen LogP contribution in [0, 0.1) is 5.41 Å². The van der Waals surface area contributed by atoms with Crippen LogP contribution in [0.4, 0.5) is 13.9 Å². The van der Waals surface area contributed by atoms with Crippen molar-refractivity contribution < 1.29 is 37.5 Å². The smallest absolute Gasteiger partial charge is 0.339 e. The number of likely N-dealkylation sites (tertiary alicyclic amines) is 1. The van der Waals surface area contributed by atoms with Crippen molar-refractivity contribution in [1.82, 2.24) is 15.2 Å². The Hall–Kier alpha value is -2.77. The Morgan fingerprint density at radius 2 is 1.83 bits per heavy atom. The number of fused-ring (bicyclic) bond motifs is 1. The van der Waals surface area contributed by atoms with Gasteiger partial charge in [-0.15, -0.1) is 22.7 Å². The van der Waals surface area contributed by atoms with Crippen LogP contribution in [0.25, 0.3) is 10.1 Å². The van der Waals surface area contributed by atoms with Gasteiger partial charge in [-0.25, -0.2) is 4.98 Å². The third-order valence-electron chi connectivity index (χ3n) is 7.00. The van der Waals surface area contributed by atoms with E-state index in [4.69, 9.17) is 9.79 Å². The van der Waals surface area contributed by atoms with E-state index in [2.05, 4.69) is 15.6 Å². The molecule has 0 unspecified atom stereocenters. The van der Waals surface area contributed by atoms with Crippen molar-refractivity contribution in [3.8, 4) is 0 Å². The Balaban J connectivity index is 1.53. The van der Waals surface area contributed by atoms with Crippen molar-refractivity contribution in [3.05, 3.63) is 45.8 Å². The van der Waals surface area contributed by atoms with Gasteiger partial charge in [0.15, 0.2) is 5.13 Å². The lowest BCUT2D eigenvalue weighted by Crippen LogP contribution is -2.57. The van der Waals surface area contributed by atoms with Crippen LogP contribution < -0.4 is 10.6 Å². The van der Waals surface area contributed by atoms with Crippen molar-refractivity contribution in [2.24, 2.45) is 5.41 Å². The summed E-state index contributed by atoms with van der Waals surface area (Å²) in [5.41, 5.74) is -6.00. The number of carbonyl (C=O) groups excluding carboxylic acids is 3. The average Bonchev–Trinajstić information content (AvgIpc) is 3.64. The predicted octanol–water partition coefficient (Wildman–Crippen LogP) is 5.48. The summed E-state index contributed by atoms with van der Waals surface area (Å²) in [6, 6.07) is 2.71. The lowest BCUT2D eigenvalue weighted by molar-refractivity contribution is -0.140. The Morgan fingerprint density at radius 1 is 1.14 bits per heavy atom. The second-order valence-electron chi connectivity index (χ2n) is 11.6. The normalized spacial score (nSPS) is 17.1. The molecule has 3 aromatic rings. The first kappa shape index (κ1) is 32.2. The summed E-state index contributed by atoms with van der Waals surface area (Å²) < 4.78 is 40.2. The number of nitrogens with zero attached hydrogens (tertiary/aromatic N) is 2. The van der Waals surface area contributed by atoms with Crippen LogP contribution in [0.3, 0.4) is 0 Å². The molecule has 1 saturated heterocycles. The van der Waals surface area contributed by atoms with Crippen LogP contribution in [-0.4, -0.2) is 56.0 Å². The van der Waals surface area contributed by atoms with Crippen molar-refractivity contribution in [3.63, 3.8) is 0 Å². The van der Waals surface area contributed by atoms with Gasteiger partial charge in [0.05, 0.1) is 4.88 Å².